The van der Waals surface area contributed by atoms with Gasteiger partial charge in [-0.15, -0.1) is 0 Å². The van der Waals surface area contributed by atoms with E-state index in [0.29, 0.717) is 36.1 Å². The van der Waals surface area contributed by atoms with Gasteiger partial charge in [-0.25, -0.2) is 4.99 Å². The van der Waals surface area contributed by atoms with E-state index >= 15 is 0 Å². The van der Waals surface area contributed by atoms with Gasteiger partial charge < -0.3 is 20.5 Å². The molecule has 124 valence electrons. The lowest BCUT2D eigenvalue weighted by atomic mass is 10.1. The van der Waals surface area contributed by atoms with Crippen LogP contribution in [0.3, 0.4) is 0 Å². The molecule has 0 aromatic heterocycles. The maximum atomic E-state index is 8.89. The summed E-state index contributed by atoms with van der Waals surface area (Å²) in [5.41, 5.74) is 8.43. The highest BCUT2D eigenvalue weighted by Crippen LogP contribution is 2.27. The molecule has 3 N–H and O–H groups in total. The van der Waals surface area contributed by atoms with Crippen LogP contribution >= 0.6 is 0 Å². The predicted molar refractivity (Wildman–Crippen MR) is 92.9 cm³/mol. The topological polar surface area (TPSA) is 92.7 Å². The number of nitrogens with zero attached hydrogens (tertiary/aromatic N) is 2. The van der Waals surface area contributed by atoms with Crippen molar-refractivity contribution in [2.24, 2.45) is 10.7 Å². The molecule has 2 aromatic rings. The van der Waals surface area contributed by atoms with Crippen LogP contribution in [0.2, 0.25) is 0 Å². The summed E-state index contributed by atoms with van der Waals surface area (Å²) in [7, 11) is 3.20. The Hall–Kier alpha value is -3.20. The molecule has 0 fully saturated rings. The number of hydrogen-bond acceptors (Lipinski definition) is 4. The zero-order valence-electron chi connectivity index (χ0n) is 13.7. The van der Waals surface area contributed by atoms with Gasteiger partial charge in [-0.1, -0.05) is 18.2 Å². The summed E-state index contributed by atoms with van der Waals surface area (Å²) in [6.45, 7) is 0.939. The monoisotopic (exact) mass is 324 g/mol. The van der Waals surface area contributed by atoms with Crippen LogP contribution in [0.1, 0.15) is 16.7 Å². The Balaban J connectivity index is 1.95. The van der Waals surface area contributed by atoms with Crippen LogP contribution in [-0.2, 0) is 13.1 Å². The van der Waals surface area contributed by atoms with Gasteiger partial charge >= 0.3 is 0 Å². The van der Waals surface area contributed by atoms with E-state index < -0.39 is 0 Å². The lowest BCUT2D eigenvalue weighted by molar-refractivity contribution is 0.354. The summed E-state index contributed by atoms with van der Waals surface area (Å²) in [5, 5.41) is 11.9. The van der Waals surface area contributed by atoms with Crippen molar-refractivity contribution in [1.82, 2.24) is 5.32 Å². The fourth-order valence-corrected chi connectivity index (χ4v) is 2.15. The molecule has 0 spiro atoms. The van der Waals surface area contributed by atoms with Crippen LogP contribution in [-0.4, -0.2) is 20.2 Å². The number of guanidine groups is 1. The molecule has 0 saturated heterocycles. The van der Waals surface area contributed by atoms with Crippen molar-refractivity contribution in [3.63, 3.8) is 0 Å². The highest BCUT2D eigenvalue weighted by molar-refractivity contribution is 5.77. The lowest BCUT2D eigenvalue weighted by Crippen LogP contribution is -2.31. The Morgan fingerprint density at radius 3 is 2.62 bits per heavy atom. The maximum Gasteiger partial charge on any atom is 0.189 e. The highest BCUT2D eigenvalue weighted by atomic mass is 16.5. The number of aliphatic imine (C=N–C) groups is 1. The highest BCUT2D eigenvalue weighted by Gasteiger charge is 2.04. The third kappa shape index (κ3) is 4.65. The smallest absolute Gasteiger partial charge is 0.189 e. The van der Waals surface area contributed by atoms with Crippen molar-refractivity contribution >= 4 is 5.96 Å². The van der Waals surface area contributed by atoms with Crippen molar-refractivity contribution < 1.29 is 9.47 Å². The van der Waals surface area contributed by atoms with E-state index in [1.54, 1.807) is 26.4 Å². The third-order valence-electron chi connectivity index (χ3n) is 3.41. The molecule has 6 heteroatoms. The van der Waals surface area contributed by atoms with Crippen molar-refractivity contribution in [3.05, 3.63) is 59.2 Å². The number of hydrogen-bond donors (Lipinski definition) is 2. The van der Waals surface area contributed by atoms with Gasteiger partial charge in [0.05, 0.1) is 32.4 Å². The second-order valence-corrected chi connectivity index (χ2v) is 5.06. The molecule has 6 nitrogen and oxygen atoms in total. The number of methoxy groups -OCH3 is 2. The SMILES string of the molecule is COc1ccc(CNC(N)=NCc2cccc(C#N)c2)cc1OC. The molecule has 2 rings (SSSR count). The quantitative estimate of drug-likeness (QED) is 0.627. The van der Waals surface area contributed by atoms with Crippen molar-refractivity contribution in [1.29, 1.82) is 5.26 Å². The number of nitriles is 1. The standard InChI is InChI=1S/C18H20N4O2/c1-23-16-7-6-15(9-17(16)24-2)12-22-18(20)21-11-14-5-3-4-13(8-14)10-19/h3-9H,11-12H2,1-2H3,(H3,20,21,22). The number of nitrogens with one attached hydrogen (secondary N) is 1. The Kier molecular flexibility index (Phi) is 6.03. The fourth-order valence-electron chi connectivity index (χ4n) is 2.15. The molecular formula is C18H20N4O2. The fraction of sp³-hybridized carbons (Fsp3) is 0.222. The van der Waals surface area contributed by atoms with Gasteiger partial charge in [-0.2, -0.15) is 5.26 Å². The third-order valence-corrected chi connectivity index (χ3v) is 3.41. The van der Waals surface area contributed by atoms with Crippen LogP contribution in [0.15, 0.2) is 47.5 Å². The first-order valence-electron chi connectivity index (χ1n) is 7.40. The molecule has 0 aliphatic rings. The number of benzene rings is 2. The lowest BCUT2D eigenvalue weighted by Gasteiger charge is -2.10. The molecule has 0 bridgehead atoms. The van der Waals surface area contributed by atoms with Gasteiger partial charge in [0.15, 0.2) is 17.5 Å². The second kappa shape index (κ2) is 8.44. The Morgan fingerprint density at radius 1 is 1.12 bits per heavy atom. The molecule has 0 unspecified atom stereocenters. The number of nitrogens with two attached hydrogens (primary N) is 1. The molecule has 2 aromatic carbocycles. The molecule has 0 aliphatic heterocycles. The van der Waals surface area contributed by atoms with E-state index in [2.05, 4.69) is 16.4 Å². The first kappa shape index (κ1) is 17.2. The summed E-state index contributed by atoms with van der Waals surface area (Å²) < 4.78 is 10.5. The van der Waals surface area contributed by atoms with E-state index in [1.165, 1.54) is 0 Å². The molecule has 0 saturated carbocycles. The molecule has 0 atom stereocenters. The van der Waals surface area contributed by atoms with Crippen molar-refractivity contribution in [2.75, 3.05) is 14.2 Å². The molecule has 0 amide bonds. The minimum absolute atomic E-state index is 0.340. The van der Waals surface area contributed by atoms with E-state index in [-0.39, 0.29) is 0 Å². The Labute approximate surface area is 141 Å². The van der Waals surface area contributed by atoms with Crippen molar-refractivity contribution in [2.45, 2.75) is 13.1 Å². The Morgan fingerprint density at radius 2 is 1.92 bits per heavy atom. The van der Waals surface area contributed by atoms with E-state index in [9.17, 15) is 0 Å². The number of ether oxygens (including phenoxy) is 2. The van der Waals surface area contributed by atoms with Crippen LogP contribution in [0.5, 0.6) is 11.5 Å². The minimum atomic E-state index is 0.340. The average Bonchev–Trinajstić information content (AvgIpc) is 2.64. The second-order valence-electron chi connectivity index (χ2n) is 5.06. The van der Waals surface area contributed by atoms with Crippen molar-refractivity contribution in [3.8, 4) is 17.6 Å². The predicted octanol–water partition coefficient (Wildman–Crippen LogP) is 2.18. The van der Waals surface area contributed by atoms with Gasteiger partial charge in [0.2, 0.25) is 0 Å². The summed E-state index contributed by atoms with van der Waals surface area (Å²) in [6.07, 6.45) is 0. The van der Waals surface area contributed by atoms with Gasteiger partial charge in [-0.3, -0.25) is 0 Å². The first-order chi connectivity index (χ1) is 11.7. The van der Waals surface area contributed by atoms with E-state index in [4.69, 9.17) is 20.5 Å². The van der Waals surface area contributed by atoms with Gasteiger partial charge in [-0.05, 0) is 35.4 Å². The molecule has 0 aliphatic carbocycles. The normalized spacial score (nSPS) is 10.8. The van der Waals surface area contributed by atoms with Crippen LogP contribution in [0.4, 0.5) is 0 Å². The molecular weight excluding hydrogens is 304 g/mol. The summed E-state index contributed by atoms with van der Waals surface area (Å²) in [5.74, 6) is 1.69. The maximum absolute atomic E-state index is 8.89. The summed E-state index contributed by atoms with van der Waals surface area (Å²) in [6, 6.07) is 15.1. The van der Waals surface area contributed by atoms with Crippen LogP contribution < -0.4 is 20.5 Å². The first-order valence-corrected chi connectivity index (χ1v) is 7.40. The van der Waals surface area contributed by atoms with Crippen LogP contribution in [0, 0.1) is 11.3 Å². The molecule has 0 heterocycles. The largest absolute Gasteiger partial charge is 0.493 e. The van der Waals surface area contributed by atoms with Gasteiger partial charge in [0.1, 0.15) is 0 Å². The zero-order chi connectivity index (χ0) is 17.4. The molecule has 0 radical (unpaired) electrons. The average molecular weight is 324 g/mol. The summed E-state index contributed by atoms with van der Waals surface area (Å²) >= 11 is 0. The molecule has 24 heavy (non-hydrogen) atoms. The number of rotatable bonds is 6. The van der Waals surface area contributed by atoms with Gasteiger partial charge in [0, 0.05) is 6.54 Å². The minimum Gasteiger partial charge on any atom is -0.493 e. The van der Waals surface area contributed by atoms with Crippen LogP contribution in [0.25, 0.3) is 0 Å². The van der Waals surface area contributed by atoms with E-state index in [0.717, 1.165) is 11.1 Å². The summed E-state index contributed by atoms with van der Waals surface area (Å²) in [4.78, 5) is 4.28. The Bertz CT molecular complexity index is 766. The zero-order valence-corrected chi connectivity index (χ0v) is 13.7. The van der Waals surface area contributed by atoms with E-state index in [1.807, 2.05) is 30.3 Å². The van der Waals surface area contributed by atoms with Gasteiger partial charge in [0.25, 0.3) is 0 Å².